The van der Waals surface area contributed by atoms with E-state index in [-0.39, 0.29) is 5.56 Å². The van der Waals surface area contributed by atoms with Gasteiger partial charge in [-0.05, 0) is 35.7 Å². The summed E-state index contributed by atoms with van der Waals surface area (Å²) in [6, 6.07) is 8.04. The standard InChI is InChI=1S/C18H13F3N4OS2/c19-18(20,21)12-5-3-11(4-6-12)16(26)22-8-7-13-10-28-17-23-15(24-25(13)17)14-2-1-9-27-14/h1-6,9-10H,7-8H2,(H,22,26). The third-order valence-electron chi connectivity index (χ3n) is 4.03. The highest BCUT2D eigenvalue weighted by Crippen LogP contribution is 2.29. The summed E-state index contributed by atoms with van der Waals surface area (Å²) < 4.78 is 39.5. The van der Waals surface area contributed by atoms with Gasteiger partial charge in [0.25, 0.3) is 5.91 Å². The van der Waals surface area contributed by atoms with Gasteiger partial charge < -0.3 is 5.32 Å². The Hall–Kier alpha value is -2.72. The molecule has 144 valence electrons. The van der Waals surface area contributed by atoms with Crippen LogP contribution in [-0.4, -0.2) is 27.0 Å². The van der Waals surface area contributed by atoms with Crippen molar-refractivity contribution in [2.45, 2.75) is 12.6 Å². The first-order chi connectivity index (χ1) is 13.4. The summed E-state index contributed by atoms with van der Waals surface area (Å²) in [5, 5.41) is 11.1. The maximum atomic E-state index is 12.6. The number of carbonyl (C=O) groups excluding carboxylic acids is 1. The molecule has 0 radical (unpaired) electrons. The number of carbonyl (C=O) groups is 1. The number of thiophene rings is 1. The molecule has 0 unspecified atom stereocenters. The molecule has 0 spiro atoms. The Morgan fingerprint density at radius 2 is 1.93 bits per heavy atom. The molecule has 0 fully saturated rings. The van der Waals surface area contributed by atoms with E-state index in [2.05, 4.69) is 15.4 Å². The van der Waals surface area contributed by atoms with Crippen LogP contribution in [0, 0.1) is 0 Å². The van der Waals surface area contributed by atoms with E-state index in [0.717, 1.165) is 27.7 Å². The van der Waals surface area contributed by atoms with Crippen LogP contribution in [0.4, 0.5) is 13.2 Å². The summed E-state index contributed by atoms with van der Waals surface area (Å²) >= 11 is 3.03. The highest BCUT2D eigenvalue weighted by atomic mass is 32.1. The fraction of sp³-hybridized carbons (Fsp3) is 0.167. The van der Waals surface area contributed by atoms with E-state index in [9.17, 15) is 18.0 Å². The first-order valence-corrected chi connectivity index (χ1v) is 10.0. The van der Waals surface area contributed by atoms with Crippen LogP contribution in [0.5, 0.6) is 0 Å². The lowest BCUT2D eigenvalue weighted by Gasteiger charge is -2.08. The Morgan fingerprint density at radius 3 is 2.61 bits per heavy atom. The second kappa shape index (κ2) is 7.36. The molecule has 0 saturated carbocycles. The van der Waals surface area contributed by atoms with Gasteiger partial charge in [0.05, 0.1) is 16.1 Å². The molecule has 4 rings (SSSR count). The van der Waals surface area contributed by atoms with Crippen LogP contribution in [0.25, 0.3) is 15.7 Å². The molecule has 5 nitrogen and oxygen atoms in total. The van der Waals surface area contributed by atoms with E-state index in [1.807, 2.05) is 22.9 Å². The highest BCUT2D eigenvalue weighted by Gasteiger charge is 2.30. The van der Waals surface area contributed by atoms with Crippen molar-refractivity contribution in [1.29, 1.82) is 0 Å². The zero-order chi connectivity index (χ0) is 19.7. The second-order valence-electron chi connectivity index (χ2n) is 5.92. The summed E-state index contributed by atoms with van der Waals surface area (Å²) in [5.41, 5.74) is 0.310. The van der Waals surface area contributed by atoms with E-state index in [0.29, 0.717) is 18.8 Å². The lowest BCUT2D eigenvalue weighted by Crippen LogP contribution is -2.26. The van der Waals surface area contributed by atoms with Gasteiger partial charge in [-0.2, -0.15) is 18.2 Å². The molecule has 1 N–H and O–H groups in total. The first kappa shape index (κ1) is 18.6. The minimum atomic E-state index is -4.42. The largest absolute Gasteiger partial charge is 0.416 e. The number of hydrogen-bond acceptors (Lipinski definition) is 5. The average Bonchev–Trinajstić information content (AvgIpc) is 3.38. The third-order valence-corrected chi connectivity index (χ3v) is 5.76. The first-order valence-electron chi connectivity index (χ1n) is 8.24. The fourth-order valence-electron chi connectivity index (χ4n) is 2.62. The van der Waals surface area contributed by atoms with Gasteiger partial charge in [0.2, 0.25) is 4.96 Å². The van der Waals surface area contributed by atoms with Crippen LogP contribution < -0.4 is 5.32 Å². The molecule has 0 aliphatic heterocycles. The summed E-state index contributed by atoms with van der Waals surface area (Å²) in [4.78, 5) is 18.4. The summed E-state index contributed by atoms with van der Waals surface area (Å²) in [6.45, 7) is 0.333. The molecule has 0 aliphatic rings. The molecule has 3 aromatic heterocycles. The lowest BCUT2D eigenvalue weighted by atomic mass is 10.1. The molecule has 0 bridgehead atoms. The van der Waals surface area contributed by atoms with Gasteiger partial charge in [0.1, 0.15) is 0 Å². The minimum Gasteiger partial charge on any atom is -0.352 e. The van der Waals surface area contributed by atoms with Gasteiger partial charge in [0.15, 0.2) is 5.82 Å². The second-order valence-corrected chi connectivity index (χ2v) is 7.70. The summed E-state index contributed by atoms with van der Waals surface area (Å²) in [6.07, 6.45) is -3.89. The van der Waals surface area contributed by atoms with E-state index in [1.165, 1.54) is 23.5 Å². The lowest BCUT2D eigenvalue weighted by molar-refractivity contribution is -0.137. The van der Waals surface area contributed by atoms with Gasteiger partial charge in [-0.1, -0.05) is 6.07 Å². The molecule has 28 heavy (non-hydrogen) atoms. The number of benzene rings is 1. The van der Waals surface area contributed by atoms with Gasteiger partial charge in [0, 0.05) is 23.9 Å². The maximum Gasteiger partial charge on any atom is 0.416 e. The molecular weight excluding hydrogens is 409 g/mol. The van der Waals surface area contributed by atoms with Crippen molar-refractivity contribution in [3.05, 3.63) is 64.0 Å². The van der Waals surface area contributed by atoms with Crippen LogP contribution in [0.1, 0.15) is 21.6 Å². The van der Waals surface area contributed by atoms with Crippen LogP contribution in [0.2, 0.25) is 0 Å². The number of hydrogen-bond donors (Lipinski definition) is 1. The zero-order valence-electron chi connectivity index (χ0n) is 14.2. The maximum absolute atomic E-state index is 12.6. The molecule has 10 heteroatoms. The molecule has 1 aromatic carbocycles. The van der Waals surface area contributed by atoms with Crippen molar-refractivity contribution >= 4 is 33.5 Å². The SMILES string of the molecule is O=C(NCCc1csc2nc(-c3cccs3)nn12)c1ccc(C(F)(F)F)cc1. The van der Waals surface area contributed by atoms with Gasteiger partial charge in [-0.3, -0.25) is 4.79 Å². The predicted octanol–water partition coefficient (Wildman–Crippen LogP) is 4.51. The quantitative estimate of drug-likeness (QED) is 0.515. The molecular formula is C18H13F3N4OS2. The van der Waals surface area contributed by atoms with E-state index in [4.69, 9.17) is 0 Å². The van der Waals surface area contributed by atoms with Crippen molar-refractivity contribution in [1.82, 2.24) is 19.9 Å². The average molecular weight is 422 g/mol. The summed E-state index contributed by atoms with van der Waals surface area (Å²) in [7, 11) is 0. The van der Waals surface area contributed by atoms with Crippen LogP contribution in [0.3, 0.4) is 0 Å². The molecule has 3 heterocycles. The minimum absolute atomic E-state index is 0.184. The normalized spacial score (nSPS) is 11.8. The molecule has 0 saturated heterocycles. The Kier molecular flexibility index (Phi) is 4.90. The monoisotopic (exact) mass is 422 g/mol. The van der Waals surface area contributed by atoms with E-state index in [1.54, 1.807) is 15.9 Å². The number of fused-ring (bicyclic) bond motifs is 1. The van der Waals surface area contributed by atoms with E-state index < -0.39 is 17.6 Å². The predicted molar refractivity (Wildman–Crippen MR) is 102 cm³/mol. The Labute approximate surface area is 165 Å². The van der Waals surface area contributed by atoms with Crippen LogP contribution in [0.15, 0.2) is 47.2 Å². The Morgan fingerprint density at radius 1 is 1.14 bits per heavy atom. The van der Waals surface area contributed by atoms with Crippen molar-refractivity contribution in [3.63, 3.8) is 0 Å². The number of aromatic nitrogens is 3. The Bertz CT molecular complexity index is 1100. The van der Waals surface area contributed by atoms with Gasteiger partial charge >= 0.3 is 6.18 Å². The molecule has 4 aromatic rings. The Balaban J connectivity index is 1.39. The van der Waals surface area contributed by atoms with E-state index >= 15 is 0 Å². The van der Waals surface area contributed by atoms with Gasteiger partial charge in [-0.25, -0.2) is 4.52 Å². The highest BCUT2D eigenvalue weighted by molar-refractivity contribution is 7.15. The third kappa shape index (κ3) is 3.78. The van der Waals surface area contributed by atoms with Crippen molar-refractivity contribution in [2.75, 3.05) is 6.54 Å². The number of thiazole rings is 1. The van der Waals surface area contributed by atoms with Gasteiger partial charge in [-0.15, -0.1) is 27.8 Å². The summed E-state index contributed by atoms with van der Waals surface area (Å²) in [5.74, 6) is 0.245. The topological polar surface area (TPSA) is 59.3 Å². The molecule has 1 amide bonds. The van der Waals surface area contributed by atoms with Crippen molar-refractivity contribution in [3.8, 4) is 10.7 Å². The number of alkyl halides is 3. The molecule has 0 aliphatic carbocycles. The number of nitrogens with one attached hydrogen (secondary N) is 1. The van der Waals surface area contributed by atoms with Crippen molar-refractivity contribution in [2.24, 2.45) is 0 Å². The smallest absolute Gasteiger partial charge is 0.352 e. The molecule has 0 atom stereocenters. The number of halogens is 3. The van der Waals surface area contributed by atoms with Crippen LogP contribution in [-0.2, 0) is 12.6 Å². The van der Waals surface area contributed by atoms with Crippen LogP contribution >= 0.6 is 22.7 Å². The zero-order valence-corrected chi connectivity index (χ0v) is 15.9. The number of amides is 1. The fourth-order valence-corrected chi connectivity index (χ4v) is 4.13. The number of nitrogens with zero attached hydrogens (tertiary/aromatic N) is 3. The van der Waals surface area contributed by atoms with Crippen molar-refractivity contribution < 1.29 is 18.0 Å². The number of rotatable bonds is 5.